The Labute approximate surface area is 177 Å². The molecule has 5 nitrogen and oxygen atoms in total. The third kappa shape index (κ3) is 7.49. The molecule has 1 heterocycles. The van der Waals surface area contributed by atoms with Crippen LogP contribution < -0.4 is 15.4 Å². The second-order valence-corrected chi connectivity index (χ2v) is 7.25. The first-order chi connectivity index (χ1) is 12.1. The number of halogens is 1. The second-order valence-electron chi connectivity index (χ2n) is 5.93. The van der Waals surface area contributed by atoms with Crippen molar-refractivity contribution in [1.82, 2.24) is 15.6 Å². The largest absolute Gasteiger partial charge is 0.497 e. The monoisotopic (exact) mass is 488 g/mol. The Bertz CT molecular complexity index is 672. The van der Waals surface area contributed by atoms with E-state index in [1.165, 1.54) is 10.4 Å². The zero-order valence-electron chi connectivity index (χ0n) is 15.9. The van der Waals surface area contributed by atoms with Crippen molar-refractivity contribution in [2.24, 2.45) is 4.99 Å². The van der Waals surface area contributed by atoms with E-state index in [2.05, 4.69) is 46.6 Å². The quantitative estimate of drug-likeness (QED) is 0.330. The van der Waals surface area contributed by atoms with Crippen LogP contribution in [-0.4, -0.2) is 31.1 Å². The highest BCUT2D eigenvalue weighted by Crippen LogP contribution is 2.21. The van der Waals surface area contributed by atoms with Gasteiger partial charge in [-0.1, -0.05) is 19.1 Å². The number of rotatable bonds is 8. The van der Waals surface area contributed by atoms with Crippen LogP contribution in [0.4, 0.5) is 0 Å². The zero-order chi connectivity index (χ0) is 18.1. The molecule has 1 unspecified atom stereocenters. The summed E-state index contributed by atoms with van der Waals surface area (Å²) in [4.78, 5) is 10.1. The summed E-state index contributed by atoms with van der Waals surface area (Å²) < 4.78 is 5.21. The minimum atomic E-state index is 0. The van der Waals surface area contributed by atoms with E-state index in [0.29, 0.717) is 12.5 Å². The first kappa shape index (κ1) is 22.7. The van der Waals surface area contributed by atoms with E-state index in [1.807, 2.05) is 25.3 Å². The van der Waals surface area contributed by atoms with Crippen LogP contribution in [0.2, 0.25) is 0 Å². The lowest BCUT2D eigenvalue weighted by Gasteiger charge is -2.15. The number of hydrogen-bond donors (Lipinski definition) is 2. The third-order valence-corrected chi connectivity index (χ3v) is 4.86. The van der Waals surface area contributed by atoms with Gasteiger partial charge in [-0.05, 0) is 43.9 Å². The smallest absolute Gasteiger partial charge is 0.191 e. The first-order valence-electron chi connectivity index (χ1n) is 8.69. The molecule has 0 spiro atoms. The number of guanidine groups is 1. The van der Waals surface area contributed by atoms with Gasteiger partial charge < -0.3 is 15.4 Å². The van der Waals surface area contributed by atoms with Crippen LogP contribution >= 0.6 is 35.3 Å². The van der Waals surface area contributed by atoms with E-state index < -0.39 is 0 Å². The van der Waals surface area contributed by atoms with Gasteiger partial charge in [-0.3, -0.25) is 0 Å². The van der Waals surface area contributed by atoms with Crippen molar-refractivity contribution in [1.29, 1.82) is 0 Å². The molecule has 2 aromatic rings. The minimum absolute atomic E-state index is 0. The van der Waals surface area contributed by atoms with Crippen LogP contribution in [0.25, 0.3) is 0 Å². The third-order valence-electron chi connectivity index (χ3n) is 3.96. The highest BCUT2D eigenvalue weighted by molar-refractivity contribution is 14.0. The average molecular weight is 488 g/mol. The summed E-state index contributed by atoms with van der Waals surface area (Å²) in [5.41, 5.74) is 1.32. The maximum atomic E-state index is 5.21. The van der Waals surface area contributed by atoms with E-state index in [4.69, 9.17) is 4.74 Å². The molecule has 2 rings (SSSR count). The second kappa shape index (κ2) is 12.1. The summed E-state index contributed by atoms with van der Waals surface area (Å²) in [6.45, 7) is 8.72. The Morgan fingerprint density at radius 2 is 2.00 bits per heavy atom. The maximum Gasteiger partial charge on any atom is 0.191 e. The van der Waals surface area contributed by atoms with Crippen LogP contribution in [0.1, 0.15) is 41.6 Å². The lowest BCUT2D eigenvalue weighted by molar-refractivity contribution is 0.414. The fourth-order valence-corrected chi connectivity index (χ4v) is 3.20. The normalized spacial score (nSPS) is 12.2. The molecule has 0 saturated heterocycles. The molecule has 1 atom stereocenters. The number of methoxy groups -OCH3 is 1. The number of ether oxygens (including phenoxy) is 1. The highest BCUT2D eigenvalue weighted by atomic mass is 127. The first-order valence-corrected chi connectivity index (χ1v) is 9.51. The fraction of sp³-hybridized carbons (Fsp3) is 0.474. The van der Waals surface area contributed by atoms with Crippen molar-refractivity contribution in [3.05, 3.63) is 45.9 Å². The molecule has 0 amide bonds. The van der Waals surface area contributed by atoms with Gasteiger partial charge in [0.25, 0.3) is 0 Å². The molecule has 0 bridgehead atoms. The van der Waals surface area contributed by atoms with E-state index in [1.54, 1.807) is 18.4 Å². The molecule has 0 aliphatic rings. The molecule has 0 fully saturated rings. The number of aliphatic imine (C=N–C) groups is 1. The van der Waals surface area contributed by atoms with E-state index in [0.717, 1.165) is 36.2 Å². The zero-order valence-corrected chi connectivity index (χ0v) is 19.1. The van der Waals surface area contributed by atoms with Crippen molar-refractivity contribution in [2.45, 2.75) is 39.7 Å². The molecular formula is C19H29IN4OS. The molecule has 144 valence electrons. The van der Waals surface area contributed by atoms with E-state index >= 15 is 0 Å². The lowest BCUT2D eigenvalue weighted by Crippen LogP contribution is -2.38. The average Bonchev–Trinajstić information content (AvgIpc) is 3.05. The van der Waals surface area contributed by atoms with Gasteiger partial charge in [-0.25, -0.2) is 9.98 Å². The van der Waals surface area contributed by atoms with E-state index in [9.17, 15) is 0 Å². The molecular weight excluding hydrogens is 459 g/mol. The Hall–Kier alpha value is -1.35. The van der Waals surface area contributed by atoms with Crippen LogP contribution in [0.5, 0.6) is 5.75 Å². The predicted molar refractivity (Wildman–Crippen MR) is 121 cm³/mol. The summed E-state index contributed by atoms with van der Waals surface area (Å²) in [7, 11) is 1.69. The molecule has 0 radical (unpaired) electrons. The SMILES string of the molecule is CCNC(=NCc1cnc(C)s1)NCCC(C)c1ccc(OC)cc1.I. The summed E-state index contributed by atoms with van der Waals surface area (Å²) in [5, 5.41) is 7.79. The molecule has 1 aromatic heterocycles. The molecule has 1 aromatic carbocycles. The summed E-state index contributed by atoms with van der Waals surface area (Å²) in [6.07, 6.45) is 2.94. The maximum absolute atomic E-state index is 5.21. The minimum Gasteiger partial charge on any atom is -0.497 e. The van der Waals surface area contributed by atoms with Gasteiger partial charge in [0, 0.05) is 24.2 Å². The Morgan fingerprint density at radius 1 is 1.27 bits per heavy atom. The Balaban J connectivity index is 0.00000338. The predicted octanol–water partition coefficient (Wildman–Crippen LogP) is 4.33. The van der Waals surface area contributed by atoms with Crippen LogP contribution in [-0.2, 0) is 6.54 Å². The van der Waals surface area contributed by atoms with Crippen molar-refractivity contribution < 1.29 is 4.74 Å². The number of aryl methyl sites for hydroxylation is 1. The number of hydrogen-bond acceptors (Lipinski definition) is 4. The van der Waals surface area contributed by atoms with Gasteiger partial charge in [0.15, 0.2) is 5.96 Å². The summed E-state index contributed by atoms with van der Waals surface area (Å²) >= 11 is 1.69. The van der Waals surface area contributed by atoms with Gasteiger partial charge >= 0.3 is 0 Å². The fourth-order valence-electron chi connectivity index (χ4n) is 2.48. The lowest BCUT2D eigenvalue weighted by atomic mass is 9.98. The van der Waals surface area contributed by atoms with Crippen molar-refractivity contribution >= 4 is 41.3 Å². The van der Waals surface area contributed by atoms with Gasteiger partial charge in [0.2, 0.25) is 0 Å². The van der Waals surface area contributed by atoms with Gasteiger partial charge in [0.1, 0.15) is 5.75 Å². The molecule has 26 heavy (non-hydrogen) atoms. The number of nitrogens with one attached hydrogen (secondary N) is 2. The van der Waals surface area contributed by atoms with Crippen molar-refractivity contribution in [2.75, 3.05) is 20.2 Å². The summed E-state index contributed by atoms with van der Waals surface area (Å²) in [5.74, 6) is 2.23. The number of aromatic nitrogens is 1. The van der Waals surface area contributed by atoms with Gasteiger partial charge in [-0.15, -0.1) is 35.3 Å². The molecule has 0 saturated carbocycles. The van der Waals surface area contributed by atoms with E-state index in [-0.39, 0.29) is 24.0 Å². The number of benzene rings is 1. The topological polar surface area (TPSA) is 58.5 Å². The highest BCUT2D eigenvalue weighted by Gasteiger charge is 2.06. The molecule has 2 N–H and O–H groups in total. The van der Waals surface area contributed by atoms with Crippen molar-refractivity contribution in [3.63, 3.8) is 0 Å². The molecule has 7 heteroatoms. The molecule has 0 aliphatic heterocycles. The van der Waals surface area contributed by atoms with Crippen LogP contribution in [0.3, 0.4) is 0 Å². The number of thiazole rings is 1. The Kier molecular flexibility index (Phi) is 10.6. The summed E-state index contributed by atoms with van der Waals surface area (Å²) in [6, 6.07) is 8.30. The van der Waals surface area contributed by atoms with Crippen LogP contribution in [0.15, 0.2) is 35.5 Å². The number of nitrogens with zero attached hydrogens (tertiary/aromatic N) is 2. The molecule has 0 aliphatic carbocycles. The Morgan fingerprint density at radius 3 is 2.58 bits per heavy atom. The van der Waals surface area contributed by atoms with Gasteiger partial charge in [0.05, 0.1) is 18.7 Å². The van der Waals surface area contributed by atoms with Gasteiger partial charge in [-0.2, -0.15) is 0 Å². The van der Waals surface area contributed by atoms with Crippen LogP contribution in [0, 0.1) is 6.92 Å². The van der Waals surface area contributed by atoms with Crippen molar-refractivity contribution in [3.8, 4) is 5.75 Å². The standard InChI is InChI=1S/C19H28N4OS.HI/c1-5-20-19(23-13-18-12-22-15(3)25-18)21-11-10-14(2)16-6-8-17(24-4)9-7-16;/h6-9,12,14H,5,10-11,13H2,1-4H3,(H2,20,21,23);1H.